The quantitative estimate of drug-likeness (QED) is 0.790. The number of aromatic amines is 1. The van der Waals surface area contributed by atoms with Crippen molar-refractivity contribution in [3.63, 3.8) is 0 Å². The predicted octanol–water partition coefficient (Wildman–Crippen LogP) is 2.32. The number of hydrogen-bond donors (Lipinski definition) is 2. The highest BCUT2D eigenvalue weighted by Crippen LogP contribution is 2.40. The van der Waals surface area contributed by atoms with E-state index in [9.17, 15) is 4.79 Å². The molecule has 0 amide bonds. The van der Waals surface area contributed by atoms with E-state index in [1.54, 1.807) is 13.2 Å². The van der Waals surface area contributed by atoms with Crippen molar-refractivity contribution in [2.75, 3.05) is 13.7 Å². The summed E-state index contributed by atoms with van der Waals surface area (Å²) >= 11 is 0. The minimum Gasteiger partial charge on any atom is -0.370 e. The lowest BCUT2D eigenvalue weighted by atomic mass is 9.78. The maximum absolute atomic E-state index is 11.9. The molecule has 1 heterocycles. The van der Waals surface area contributed by atoms with Crippen molar-refractivity contribution >= 4 is 0 Å². The number of aromatic nitrogens is 2. The van der Waals surface area contributed by atoms with Crippen LogP contribution in [-0.2, 0) is 16.9 Å². The largest absolute Gasteiger partial charge is 0.370 e. The molecule has 21 heavy (non-hydrogen) atoms. The molecule has 5 heteroatoms. The molecule has 0 aromatic carbocycles. The first-order valence-electron chi connectivity index (χ1n) is 7.96. The summed E-state index contributed by atoms with van der Waals surface area (Å²) < 4.78 is 5.82. The van der Waals surface area contributed by atoms with E-state index in [0.29, 0.717) is 18.3 Å². The summed E-state index contributed by atoms with van der Waals surface area (Å²) in [5.41, 5.74) is 0.261. The molecule has 0 radical (unpaired) electrons. The predicted molar refractivity (Wildman–Crippen MR) is 83.2 cm³/mol. The Morgan fingerprint density at radius 3 is 3.05 bits per heavy atom. The van der Waals surface area contributed by atoms with Crippen LogP contribution in [0.25, 0.3) is 0 Å². The Labute approximate surface area is 126 Å². The Hall–Kier alpha value is -1.20. The highest BCUT2D eigenvalue weighted by atomic mass is 16.5. The topological polar surface area (TPSA) is 67.0 Å². The molecule has 1 saturated carbocycles. The van der Waals surface area contributed by atoms with Crippen LogP contribution in [0.1, 0.15) is 57.5 Å². The molecule has 0 saturated heterocycles. The summed E-state index contributed by atoms with van der Waals surface area (Å²) in [5.74, 6) is 1.28. The molecule has 2 N–H and O–H groups in total. The summed E-state index contributed by atoms with van der Waals surface area (Å²) in [7, 11) is 1.72. The Morgan fingerprint density at radius 1 is 1.57 bits per heavy atom. The average molecular weight is 293 g/mol. The molecule has 0 aliphatic heterocycles. The van der Waals surface area contributed by atoms with Gasteiger partial charge in [-0.15, -0.1) is 0 Å². The SMILES string of the molecule is CCCNCc1cc(=O)[nH]c(C2(OC)CCCC(C)C2)n1. The molecule has 2 atom stereocenters. The highest BCUT2D eigenvalue weighted by Gasteiger charge is 2.39. The van der Waals surface area contributed by atoms with Gasteiger partial charge in [0.15, 0.2) is 0 Å². The molecule has 2 rings (SSSR count). The third-order valence-corrected chi connectivity index (χ3v) is 4.31. The summed E-state index contributed by atoms with van der Waals surface area (Å²) in [6.45, 7) is 5.90. The van der Waals surface area contributed by atoms with E-state index in [-0.39, 0.29) is 5.56 Å². The number of H-pyrrole nitrogens is 1. The van der Waals surface area contributed by atoms with Crippen molar-refractivity contribution in [3.8, 4) is 0 Å². The summed E-state index contributed by atoms with van der Waals surface area (Å²) in [6.07, 6.45) is 5.22. The van der Waals surface area contributed by atoms with E-state index >= 15 is 0 Å². The molecular formula is C16H27N3O2. The fourth-order valence-electron chi connectivity index (χ4n) is 3.21. The lowest BCUT2D eigenvalue weighted by Crippen LogP contribution is -2.38. The molecule has 2 unspecified atom stereocenters. The zero-order chi connectivity index (χ0) is 15.3. The number of hydrogen-bond acceptors (Lipinski definition) is 4. The fraction of sp³-hybridized carbons (Fsp3) is 0.750. The Bertz CT molecular complexity index is 514. The number of nitrogens with zero attached hydrogens (tertiary/aromatic N) is 1. The van der Waals surface area contributed by atoms with Crippen LogP contribution >= 0.6 is 0 Å². The van der Waals surface area contributed by atoms with Gasteiger partial charge in [-0.25, -0.2) is 4.98 Å². The van der Waals surface area contributed by atoms with Crippen molar-refractivity contribution in [2.45, 2.75) is 58.1 Å². The van der Waals surface area contributed by atoms with Crippen LogP contribution < -0.4 is 10.9 Å². The summed E-state index contributed by atoms with van der Waals surface area (Å²) in [4.78, 5) is 19.5. The van der Waals surface area contributed by atoms with Crippen LogP contribution in [0.15, 0.2) is 10.9 Å². The van der Waals surface area contributed by atoms with Gasteiger partial charge in [-0.1, -0.05) is 20.3 Å². The number of ether oxygens (including phenoxy) is 1. The van der Waals surface area contributed by atoms with E-state index in [0.717, 1.165) is 37.9 Å². The minimum absolute atomic E-state index is 0.0945. The van der Waals surface area contributed by atoms with E-state index in [4.69, 9.17) is 4.74 Å². The van der Waals surface area contributed by atoms with Gasteiger partial charge in [-0.05, 0) is 38.1 Å². The summed E-state index contributed by atoms with van der Waals surface area (Å²) in [6, 6.07) is 1.57. The first kappa shape index (κ1) is 16.2. The molecule has 1 fully saturated rings. The third-order valence-electron chi connectivity index (χ3n) is 4.31. The van der Waals surface area contributed by atoms with Crippen molar-refractivity contribution in [3.05, 3.63) is 27.9 Å². The van der Waals surface area contributed by atoms with Crippen molar-refractivity contribution in [2.24, 2.45) is 5.92 Å². The van der Waals surface area contributed by atoms with Gasteiger partial charge in [0.25, 0.3) is 5.56 Å². The molecule has 0 spiro atoms. The van der Waals surface area contributed by atoms with Gasteiger partial charge < -0.3 is 15.0 Å². The van der Waals surface area contributed by atoms with E-state index in [1.807, 2.05) is 0 Å². The second kappa shape index (κ2) is 7.18. The smallest absolute Gasteiger partial charge is 0.251 e. The summed E-state index contributed by atoms with van der Waals surface area (Å²) in [5, 5.41) is 3.29. The van der Waals surface area contributed by atoms with Crippen LogP contribution in [0.4, 0.5) is 0 Å². The van der Waals surface area contributed by atoms with E-state index in [1.165, 1.54) is 6.42 Å². The molecule has 1 aromatic heterocycles. The zero-order valence-electron chi connectivity index (χ0n) is 13.4. The third kappa shape index (κ3) is 3.92. The van der Waals surface area contributed by atoms with E-state index < -0.39 is 5.60 Å². The Morgan fingerprint density at radius 2 is 2.38 bits per heavy atom. The van der Waals surface area contributed by atoms with Crippen molar-refractivity contribution in [1.82, 2.24) is 15.3 Å². The first-order chi connectivity index (χ1) is 10.1. The molecule has 0 bridgehead atoms. The van der Waals surface area contributed by atoms with E-state index in [2.05, 4.69) is 29.1 Å². The standard InChI is InChI=1S/C16H27N3O2/c1-4-8-17-11-13-9-14(20)19-15(18-13)16(21-3)7-5-6-12(2)10-16/h9,12,17H,4-8,10-11H2,1-3H3,(H,18,19,20). The molecule has 5 nitrogen and oxygen atoms in total. The number of rotatable bonds is 6. The Kier molecular flexibility index (Phi) is 5.53. The van der Waals surface area contributed by atoms with Crippen LogP contribution in [0.3, 0.4) is 0 Å². The maximum Gasteiger partial charge on any atom is 0.251 e. The second-order valence-corrected chi connectivity index (χ2v) is 6.16. The van der Waals surface area contributed by atoms with Gasteiger partial charge in [0.05, 0.1) is 5.69 Å². The van der Waals surface area contributed by atoms with Gasteiger partial charge in [-0.2, -0.15) is 0 Å². The molecule has 1 aliphatic rings. The first-order valence-corrected chi connectivity index (χ1v) is 7.96. The maximum atomic E-state index is 11.9. The monoisotopic (exact) mass is 293 g/mol. The van der Waals surface area contributed by atoms with Gasteiger partial charge >= 0.3 is 0 Å². The van der Waals surface area contributed by atoms with Crippen LogP contribution in [0.5, 0.6) is 0 Å². The van der Waals surface area contributed by atoms with Gasteiger partial charge in [0.2, 0.25) is 0 Å². The molecule has 1 aliphatic carbocycles. The van der Waals surface area contributed by atoms with Gasteiger partial charge in [-0.3, -0.25) is 4.79 Å². The fourth-order valence-corrected chi connectivity index (χ4v) is 3.21. The van der Waals surface area contributed by atoms with Crippen LogP contribution in [-0.4, -0.2) is 23.6 Å². The zero-order valence-corrected chi connectivity index (χ0v) is 13.4. The van der Waals surface area contributed by atoms with Gasteiger partial charge in [0, 0.05) is 19.7 Å². The Balaban J connectivity index is 2.26. The number of nitrogens with one attached hydrogen (secondary N) is 2. The minimum atomic E-state index is -0.433. The normalized spacial score (nSPS) is 26.0. The van der Waals surface area contributed by atoms with Crippen molar-refractivity contribution < 1.29 is 4.74 Å². The second-order valence-electron chi connectivity index (χ2n) is 6.16. The number of methoxy groups -OCH3 is 1. The average Bonchev–Trinajstić information content (AvgIpc) is 2.47. The van der Waals surface area contributed by atoms with Crippen LogP contribution in [0, 0.1) is 5.92 Å². The van der Waals surface area contributed by atoms with Crippen molar-refractivity contribution in [1.29, 1.82) is 0 Å². The molecule has 118 valence electrons. The van der Waals surface area contributed by atoms with Crippen LogP contribution in [0.2, 0.25) is 0 Å². The van der Waals surface area contributed by atoms with Gasteiger partial charge in [0.1, 0.15) is 11.4 Å². The lowest BCUT2D eigenvalue weighted by Gasteiger charge is -2.38. The lowest BCUT2D eigenvalue weighted by molar-refractivity contribution is -0.0649. The molecular weight excluding hydrogens is 266 g/mol. The highest BCUT2D eigenvalue weighted by molar-refractivity contribution is 5.10. The molecule has 1 aromatic rings.